The molecule has 1 aromatic carbocycles. The van der Waals surface area contributed by atoms with Crippen LogP contribution in [0.1, 0.15) is 36.4 Å². The lowest BCUT2D eigenvalue weighted by Crippen LogP contribution is -2.07. The highest BCUT2D eigenvalue weighted by Crippen LogP contribution is 2.46. The Morgan fingerprint density at radius 3 is 2.81 bits per heavy atom. The zero-order valence-electron chi connectivity index (χ0n) is 11.2. The van der Waals surface area contributed by atoms with Crippen LogP contribution in [-0.2, 0) is 0 Å². The van der Waals surface area contributed by atoms with Crippen LogP contribution in [0.15, 0.2) is 35.5 Å². The Bertz CT molecular complexity index is 708. The SMILES string of the molecule is N#C[C@@H]1C[C@@H]1Sc1nc2n(n1)[C@H](c1ccccc1)C[C@@H]2F. The average molecular weight is 300 g/mol. The second-order valence-electron chi connectivity index (χ2n) is 5.45. The van der Waals surface area contributed by atoms with E-state index in [1.54, 1.807) is 4.68 Å². The fourth-order valence-electron chi connectivity index (χ4n) is 2.73. The van der Waals surface area contributed by atoms with E-state index in [2.05, 4.69) is 16.2 Å². The summed E-state index contributed by atoms with van der Waals surface area (Å²) in [6.07, 6.45) is 0.212. The van der Waals surface area contributed by atoms with Crippen LogP contribution in [0.5, 0.6) is 0 Å². The zero-order valence-corrected chi connectivity index (χ0v) is 12.0. The summed E-state index contributed by atoms with van der Waals surface area (Å²) in [4.78, 5) is 4.33. The van der Waals surface area contributed by atoms with E-state index in [0.717, 1.165) is 12.0 Å². The molecule has 4 atom stereocenters. The maximum absolute atomic E-state index is 14.2. The number of thioether (sulfide) groups is 1. The lowest BCUT2D eigenvalue weighted by molar-refractivity contribution is 0.327. The molecule has 4 rings (SSSR count). The summed E-state index contributed by atoms with van der Waals surface area (Å²) in [6, 6.07) is 12.0. The molecule has 0 bridgehead atoms. The molecule has 0 spiro atoms. The highest BCUT2D eigenvalue weighted by molar-refractivity contribution is 8.00. The molecule has 2 aliphatic rings. The van der Waals surface area contributed by atoms with Gasteiger partial charge < -0.3 is 0 Å². The van der Waals surface area contributed by atoms with Gasteiger partial charge in [-0.15, -0.1) is 5.10 Å². The van der Waals surface area contributed by atoms with Gasteiger partial charge in [0.1, 0.15) is 0 Å². The lowest BCUT2D eigenvalue weighted by atomic mass is 10.0. The molecular formula is C15H13FN4S. The molecule has 106 valence electrons. The van der Waals surface area contributed by atoms with Gasteiger partial charge in [-0.2, -0.15) is 5.26 Å². The van der Waals surface area contributed by atoms with Crippen molar-refractivity contribution in [1.82, 2.24) is 14.8 Å². The van der Waals surface area contributed by atoms with Gasteiger partial charge >= 0.3 is 0 Å². The first kappa shape index (κ1) is 12.8. The van der Waals surface area contributed by atoms with Crippen LogP contribution in [0.3, 0.4) is 0 Å². The van der Waals surface area contributed by atoms with Crippen molar-refractivity contribution in [2.75, 3.05) is 0 Å². The van der Waals surface area contributed by atoms with Gasteiger partial charge in [0.05, 0.1) is 18.0 Å². The van der Waals surface area contributed by atoms with Gasteiger partial charge in [0.2, 0.25) is 5.16 Å². The van der Waals surface area contributed by atoms with Crippen molar-refractivity contribution in [1.29, 1.82) is 5.26 Å². The minimum atomic E-state index is -1.07. The van der Waals surface area contributed by atoms with E-state index in [9.17, 15) is 4.39 Å². The molecule has 0 amide bonds. The van der Waals surface area contributed by atoms with E-state index in [-0.39, 0.29) is 17.2 Å². The van der Waals surface area contributed by atoms with Crippen molar-refractivity contribution in [3.05, 3.63) is 41.7 Å². The van der Waals surface area contributed by atoms with Crippen LogP contribution >= 0.6 is 11.8 Å². The molecule has 2 heterocycles. The number of fused-ring (bicyclic) bond motifs is 1. The summed E-state index contributed by atoms with van der Waals surface area (Å²) in [5.74, 6) is 0.514. The standard InChI is InChI=1S/C15H13FN4S/c16-11-7-12(9-4-2-1-3-5-9)20-14(11)18-15(19-20)21-13-6-10(13)8-17/h1-5,10-13H,6-7H2/t10-,11-,12-,13-/m0/s1. The Morgan fingerprint density at radius 2 is 2.10 bits per heavy atom. The summed E-state index contributed by atoms with van der Waals surface area (Å²) in [5.41, 5.74) is 1.06. The molecule has 6 heteroatoms. The molecule has 0 radical (unpaired) electrons. The van der Waals surface area contributed by atoms with Gasteiger partial charge in [-0.3, -0.25) is 0 Å². The molecule has 1 fully saturated rings. The minimum absolute atomic E-state index is 0.0796. The van der Waals surface area contributed by atoms with Crippen molar-refractivity contribution in [2.24, 2.45) is 5.92 Å². The summed E-state index contributed by atoms with van der Waals surface area (Å²) < 4.78 is 15.9. The van der Waals surface area contributed by atoms with Crippen LogP contribution in [0.2, 0.25) is 0 Å². The number of aromatic nitrogens is 3. The quantitative estimate of drug-likeness (QED) is 0.873. The predicted molar refractivity (Wildman–Crippen MR) is 76.4 cm³/mol. The molecule has 2 aromatic rings. The molecule has 4 nitrogen and oxygen atoms in total. The Labute approximate surface area is 126 Å². The Morgan fingerprint density at radius 1 is 1.29 bits per heavy atom. The predicted octanol–water partition coefficient (Wildman–Crippen LogP) is 3.29. The summed E-state index contributed by atoms with van der Waals surface area (Å²) >= 11 is 1.49. The van der Waals surface area contributed by atoms with Crippen LogP contribution in [0.25, 0.3) is 0 Å². The first-order chi connectivity index (χ1) is 10.3. The third-order valence-corrected chi connectivity index (χ3v) is 5.19. The number of rotatable bonds is 3. The summed E-state index contributed by atoms with van der Waals surface area (Å²) in [7, 11) is 0. The summed E-state index contributed by atoms with van der Waals surface area (Å²) in [6.45, 7) is 0. The number of alkyl halides is 1. The first-order valence-electron chi connectivity index (χ1n) is 6.98. The molecule has 1 aromatic heterocycles. The molecule has 1 aliphatic carbocycles. The van der Waals surface area contributed by atoms with E-state index in [0.29, 0.717) is 17.4 Å². The van der Waals surface area contributed by atoms with Gasteiger partial charge in [0, 0.05) is 11.7 Å². The largest absolute Gasteiger partial charge is 0.239 e. The molecule has 21 heavy (non-hydrogen) atoms. The molecule has 0 N–H and O–H groups in total. The number of nitrogens with zero attached hydrogens (tertiary/aromatic N) is 4. The fraction of sp³-hybridized carbons (Fsp3) is 0.400. The maximum atomic E-state index is 14.2. The second-order valence-corrected chi connectivity index (χ2v) is 6.66. The monoisotopic (exact) mass is 300 g/mol. The van der Waals surface area contributed by atoms with Crippen LogP contribution in [0, 0.1) is 17.2 Å². The average Bonchev–Trinajstić information content (AvgIpc) is 3.01. The van der Waals surface area contributed by atoms with E-state index >= 15 is 0 Å². The first-order valence-corrected chi connectivity index (χ1v) is 7.86. The molecule has 1 saturated carbocycles. The van der Waals surface area contributed by atoms with E-state index in [4.69, 9.17) is 5.26 Å². The van der Waals surface area contributed by atoms with E-state index in [1.165, 1.54) is 11.8 Å². The van der Waals surface area contributed by atoms with Crippen LogP contribution < -0.4 is 0 Å². The second kappa shape index (κ2) is 4.85. The molecular weight excluding hydrogens is 287 g/mol. The number of nitriles is 1. The lowest BCUT2D eigenvalue weighted by Gasteiger charge is -2.11. The number of halogens is 1. The van der Waals surface area contributed by atoms with Gasteiger partial charge in [-0.1, -0.05) is 42.1 Å². The Hall–Kier alpha value is -1.87. The van der Waals surface area contributed by atoms with Crippen molar-refractivity contribution >= 4 is 11.8 Å². The van der Waals surface area contributed by atoms with Gasteiger partial charge in [0.15, 0.2) is 12.0 Å². The topological polar surface area (TPSA) is 54.5 Å². The smallest absolute Gasteiger partial charge is 0.209 e. The van der Waals surface area contributed by atoms with Gasteiger partial charge in [-0.05, 0) is 12.0 Å². The van der Waals surface area contributed by atoms with Crippen molar-refractivity contribution < 1.29 is 4.39 Å². The number of hydrogen-bond donors (Lipinski definition) is 0. The fourth-order valence-corrected chi connectivity index (χ4v) is 3.82. The third kappa shape index (κ3) is 2.22. The van der Waals surface area contributed by atoms with Crippen molar-refractivity contribution in [3.8, 4) is 6.07 Å². The van der Waals surface area contributed by atoms with E-state index in [1.807, 2.05) is 30.3 Å². The number of benzene rings is 1. The summed E-state index contributed by atoms with van der Waals surface area (Å²) in [5, 5.41) is 14.2. The number of hydrogen-bond acceptors (Lipinski definition) is 4. The molecule has 0 unspecified atom stereocenters. The molecule has 1 aliphatic heterocycles. The Balaban J connectivity index is 1.61. The van der Waals surface area contributed by atoms with Gasteiger partial charge in [0.25, 0.3) is 0 Å². The normalized spacial score (nSPS) is 29.9. The van der Waals surface area contributed by atoms with Crippen LogP contribution in [-0.4, -0.2) is 20.0 Å². The van der Waals surface area contributed by atoms with Crippen LogP contribution in [0.4, 0.5) is 4.39 Å². The maximum Gasteiger partial charge on any atom is 0.209 e. The van der Waals surface area contributed by atoms with E-state index < -0.39 is 6.17 Å². The van der Waals surface area contributed by atoms with Gasteiger partial charge in [-0.25, -0.2) is 14.1 Å². The third-order valence-electron chi connectivity index (χ3n) is 3.98. The highest BCUT2D eigenvalue weighted by atomic mass is 32.2. The highest BCUT2D eigenvalue weighted by Gasteiger charge is 2.41. The van der Waals surface area contributed by atoms with Crippen molar-refractivity contribution in [3.63, 3.8) is 0 Å². The van der Waals surface area contributed by atoms with Crippen molar-refractivity contribution in [2.45, 2.75) is 35.5 Å². The Kier molecular flexibility index (Phi) is 2.96. The zero-order chi connectivity index (χ0) is 14.4. The molecule has 0 saturated heterocycles. The minimum Gasteiger partial charge on any atom is -0.239 e.